The number of carbonyl (C=O) groups is 2. The van der Waals surface area contributed by atoms with E-state index in [1.807, 2.05) is 0 Å². The van der Waals surface area contributed by atoms with Crippen molar-refractivity contribution in [3.05, 3.63) is 88.7 Å². The van der Waals surface area contributed by atoms with Crippen LogP contribution in [0.4, 0.5) is 15.8 Å². The Kier molecular flexibility index (Phi) is 9.30. The summed E-state index contributed by atoms with van der Waals surface area (Å²) in [5.74, 6) is -2.14. The third-order valence-electron chi connectivity index (χ3n) is 6.37. The van der Waals surface area contributed by atoms with E-state index in [-0.39, 0.29) is 35.3 Å². The number of aliphatic hydroxyl groups is 1. The van der Waals surface area contributed by atoms with Gasteiger partial charge in [-0.3, -0.25) is 9.59 Å². The van der Waals surface area contributed by atoms with E-state index < -0.39 is 32.9 Å². The summed E-state index contributed by atoms with van der Waals surface area (Å²) in [6, 6.07) is 16.7. The molecule has 2 amide bonds. The van der Waals surface area contributed by atoms with Gasteiger partial charge in [0.15, 0.2) is 9.84 Å². The number of hydrogen-bond donors (Lipinski definition) is 3. The molecule has 1 atom stereocenters. The molecule has 3 aromatic rings. The second kappa shape index (κ2) is 12.1. The lowest BCUT2D eigenvalue weighted by atomic mass is 9.83. The maximum atomic E-state index is 14.1. The molecule has 0 radical (unpaired) electrons. The summed E-state index contributed by atoms with van der Waals surface area (Å²) < 4.78 is 38.2. The monoisotopic (exact) mass is 560 g/mol. The van der Waals surface area contributed by atoms with Gasteiger partial charge in [0.1, 0.15) is 5.82 Å². The van der Waals surface area contributed by atoms with Gasteiger partial charge in [0.2, 0.25) is 11.8 Å². The molecule has 0 aliphatic heterocycles. The third-order valence-corrected chi connectivity index (χ3v) is 8.36. The molecule has 202 valence electrons. The number of rotatable bonds is 10. The van der Waals surface area contributed by atoms with E-state index in [1.165, 1.54) is 30.3 Å². The minimum Gasteiger partial charge on any atom is -0.396 e. The SMILES string of the molecule is CCS(=O)(=O)c1ccc(C(CCO)C(=O)Nc2ccc(C(C)(C)C(=O)Nc3cc(Cl)ccc3F)cc2)cc1. The standard InChI is InChI=1S/C28H30ClFN2O5S/c1-4-38(36,37)22-12-5-18(6-13-22)23(15-16-33)26(34)31-21-10-7-19(8-11-21)28(2,3)27(35)32-25-17-20(29)9-14-24(25)30/h5-14,17,23,33H,4,15-16H2,1-3H3,(H,31,34)(H,32,35). The Hall–Kier alpha value is -3.27. The molecule has 0 aromatic heterocycles. The van der Waals surface area contributed by atoms with Gasteiger partial charge in [0.25, 0.3) is 0 Å². The topological polar surface area (TPSA) is 113 Å². The minimum atomic E-state index is -3.37. The molecule has 0 bridgehead atoms. The minimum absolute atomic E-state index is 0.0188. The lowest BCUT2D eigenvalue weighted by Gasteiger charge is -2.25. The van der Waals surface area contributed by atoms with E-state index in [0.29, 0.717) is 21.8 Å². The molecule has 38 heavy (non-hydrogen) atoms. The van der Waals surface area contributed by atoms with E-state index >= 15 is 0 Å². The zero-order valence-corrected chi connectivity index (χ0v) is 22.9. The van der Waals surface area contributed by atoms with Crippen molar-refractivity contribution in [2.75, 3.05) is 23.0 Å². The smallest absolute Gasteiger partial charge is 0.234 e. The third kappa shape index (κ3) is 6.78. The molecule has 0 saturated heterocycles. The van der Waals surface area contributed by atoms with Crippen LogP contribution in [0.1, 0.15) is 44.2 Å². The van der Waals surface area contributed by atoms with Gasteiger partial charge in [-0.1, -0.05) is 42.8 Å². The summed E-state index contributed by atoms with van der Waals surface area (Å²) >= 11 is 5.91. The van der Waals surface area contributed by atoms with Gasteiger partial charge < -0.3 is 15.7 Å². The van der Waals surface area contributed by atoms with Crippen molar-refractivity contribution < 1.29 is 27.5 Å². The summed E-state index contributed by atoms with van der Waals surface area (Å²) in [5.41, 5.74) is 0.639. The number of sulfone groups is 1. The molecule has 10 heteroatoms. The summed E-state index contributed by atoms with van der Waals surface area (Å²) in [4.78, 5) is 26.1. The van der Waals surface area contributed by atoms with Crippen molar-refractivity contribution in [1.29, 1.82) is 0 Å². The molecule has 3 N–H and O–H groups in total. The number of hydrogen-bond acceptors (Lipinski definition) is 5. The van der Waals surface area contributed by atoms with Gasteiger partial charge in [0, 0.05) is 17.3 Å². The number of anilines is 2. The molecule has 3 aromatic carbocycles. The first-order chi connectivity index (χ1) is 17.9. The first-order valence-electron chi connectivity index (χ1n) is 12.0. The van der Waals surface area contributed by atoms with E-state index in [1.54, 1.807) is 57.2 Å². The van der Waals surface area contributed by atoms with Gasteiger partial charge in [-0.15, -0.1) is 0 Å². The van der Waals surface area contributed by atoms with Crippen molar-refractivity contribution in [2.45, 2.75) is 43.4 Å². The van der Waals surface area contributed by atoms with Crippen molar-refractivity contribution in [3.63, 3.8) is 0 Å². The van der Waals surface area contributed by atoms with Crippen LogP contribution in [0.3, 0.4) is 0 Å². The maximum Gasteiger partial charge on any atom is 0.234 e. The fraction of sp³-hybridized carbons (Fsp3) is 0.286. The van der Waals surface area contributed by atoms with Crippen LogP contribution in [0, 0.1) is 5.82 Å². The Morgan fingerprint density at radius 3 is 2.21 bits per heavy atom. The fourth-order valence-corrected chi connectivity index (χ4v) is 4.91. The highest BCUT2D eigenvalue weighted by molar-refractivity contribution is 7.91. The van der Waals surface area contributed by atoms with Crippen LogP contribution >= 0.6 is 11.6 Å². The number of halogens is 2. The Bertz CT molecular complexity index is 1410. The van der Waals surface area contributed by atoms with E-state index in [9.17, 15) is 27.5 Å². The Morgan fingerprint density at radius 1 is 1.00 bits per heavy atom. The van der Waals surface area contributed by atoms with Crippen molar-refractivity contribution in [3.8, 4) is 0 Å². The fourth-order valence-electron chi connectivity index (χ4n) is 3.85. The Balaban J connectivity index is 1.74. The lowest BCUT2D eigenvalue weighted by Crippen LogP contribution is -2.35. The molecule has 0 aliphatic carbocycles. The number of carbonyl (C=O) groups excluding carboxylic acids is 2. The van der Waals surface area contributed by atoms with Gasteiger partial charge >= 0.3 is 0 Å². The molecule has 0 fully saturated rings. The van der Waals surface area contributed by atoms with Crippen LogP contribution in [0.5, 0.6) is 0 Å². The summed E-state index contributed by atoms with van der Waals surface area (Å²) in [5, 5.41) is 15.2. The van der Waals surface area contributed by atoms with Crippen LogP contribution < -0.4 is 10.6 Å². The average Bonchev–Trinajstić information content (AvgIpc) is 2.89. The van der Waals surface area contributed by atoms with Gasteiger partial charge in [0.05, 0.1) is 27.7 Å². The van der Waals surface area contributed by atoms with Crippen molar-refractivity contribution in [1.82, 2.24) is 0 Å². The van der Waals surface area contributed by atoms with Crippen LogP contribution in [0.2, 0.25) is 5.02 Å². The van der Waals surface area contributed by atoms with Crippen LogP contribution in [-0.4, -0.2) is 37.7 Å². The van der Waals surface area contributed by atoms with Crippen molar-refractivity contribution >= 4 is 44.6 Å². The van der Waals surface area contributed by atoms with Crippen LogP contribution in [-0.2, 0) is 24.8 Å². The highest BCUT2D eigenvalue weighted by Gasteiger charge is 2.30. The number of nitrogens with one attached hydrogen (secondary N) is 2. The van der Waals surface area contributed by atoms with Gasteiger partial charge in [-0.25, -0.2) is 12.8 Å². The first-order valence-corrected chi connectivity index (χ1v) is 14.0. The maximum absolute atomic E-state index is 14.1. The molecule has 0 saturated carbocycles. The first kappa shape index (κ1) is 29.3. The summed E-state index contributed by atoms with van der Waals surface area (Å²) in [7, 11) is -3.37. The van der Waals surface area contributed by atoms with E-state index in [4.69, 9.17) is 11.6 Å². The predicted octanol–water partition coefficient (Wildman–Crippen LogP) is 5.29. The van der Waals surface area contributed by atoms with Crippen LogP contribution in [0.25, 0.3) is 0 Å². The molecule has 7 nitrogen and oxygen atoms in total. The highest BCUT2D eigenvalue weighted by Crippen LogP contribution is 2.29. The number of amides is 2. The Morgan fingerprint density at radius 2 is 1.63 bits per heavy atom. The normalized spacial score (nSPS) is 12.6. The predicted molar refractivity (Wildman–Crippen MR) is 147 cm³/mol. The lowest BCUT2D eigenvalue weighted by molar-refractivity contribution is -0.120. The molecule has 0 spiro atoms. The molecule has 0 heterocycles. The number of aliphatic hydroxyl groups excluding tert-OH is 1. The molecular formula is C28H30ClFN2O5S. The quantitative estimate of drug-likeness (QED) is 0.312. The Labute approximate surface area is 227 Å². The summed E-state index contributed by atoms with van der Waals surface area (Å²) in [6.45, 7) is 4.71. The largest absolute Gasteiger partial charge is 0.396 e. The average molecular weight is 561 g/mol. The molecule has 1 unspecified atom stereocenters. The van der Waals surface area contributed by atoms with Crippen LogP contribution in [0.15, 0.2) is 71.6 Å². The zero-order valence-electron chi connectivity index (χ0n) is 21.3. The number of benzene rings is 3. The molecule has 0 aliphatic rings. The van der Waals surface area contributed by atoms with E-state index in [0.717, 1.165) is 0 Å². The second-order valence-electron chi connectivity index (χ2n) is 9.31. The summed E-state index contributed by atoms with van der Waals surface area (Å²) in [6.07, 6.45) is 0.150. The van der Waals surface area contributed by atoms with Crippen molar-refractivity contribution in [2.24, 2.45) is 0 Å². The van der Waals surface area contributed by atoms with Gasteiger partial charge in [-0.2, -0.15) is 0 Å². The van der Waals surface area contributed by atoms with Gasteiger partial charge in [-0.05, 0) is 73.9 Å². The molecule has 3 rings (SSSR count). The zero-order chi connectivity index (χ0) is 28.1. The molecular weight excluding hydrogens is 531 g/mol. The second-order valence-corrected chi connectivity index (χ2v) is 12.0. The highest BCUT2D eigenvalue weighted by atomic mass is 35.5. The van der Waals surface area contributed by atoms with E-state index in [2.05, 4.69) is 10.6 Å².